The quantitative estimate of drug-likeness (QED) is 0.530. The molecular weight excluding hydrogens is 376 g/mol. The fourth-order valence-electron chi connectivity index (χ4n) is 3.19. The molecule has 0 aliphatic carbocycles. The number of thioether (sulfide) groups is 1. The molecule has 0 aliphatic heterocycles. The van der Waals surface area contributed by atoms with E-state index in [1.807, 2.05) is 31.6 Å². The lowest BCUT2D eigenvalue weighted by molar-refractivity contribution is -0.115. The first-order valence-corrected chi connectivity index (χ1v) is 10.7. The van der Waals surface area contributed by atoms with Gasteiger partial charge in [-0.3, -0.25) is 9.69 Å². The van der Waals surface area contributed by atoms with Gasteiger partial charge in [0.2, 0.25) is 5.91 Å². The van der Waals surface area contributed by atoms with Crippen molar-refractivity contribution < 1.29 is 4.79 Å². The molecule has 0 atom stereocenters. The van der Waals surface area contributed by atoms with Crippen molar-refractivity contribution >= 4 is 39.8 Å². The van der Waals surface area contributed by atoms with E-state index in [9.17, 15) is 4.79 Å². The predicted molar refractivity (Wildman–Crippen MR) is 113 cm³/mol. The average molecular weight is 401 g/mol. The van der Waals surface area contributed by atoms with Crippen LogP contribution in [0.5, 0.6) is 0 Å². The molecule has 0 bridgehead atoms. The number of hydrogen-bond donors (Lipinski definition) is 0. The third-order valence-corrected chi connectivity index (χ3v) is 6.18. The SMILES string of the molecule is CCn1ccnc1SCc1csc(N(C(C)=O)c2c(C)cc(C)cc2C)n1. The van der Waals surface area contributed by atoms with Crippen molar-refractivity contribution in [2.75, 3.05) is 4.90 Å². The number of aryl methyl sites for hydroxylation is 4. The van der Waals surface area contributed by atoms with Crippen molar-refractivity contribution in [2.45, 2.75) is 52.1 Å². The number of carbonyl (C=O) groups is 1. The van der Waals surface area contributed by atoms with Gasteiger partial charge in [0.25, 0.3) is 0 Å². The third kappa shape index (κ3) is 4.25. The highest BCUT2D eigenvalue weighted by atomic mass is 32.2. The molecule has 142 valence electrons. The Kier molecular flexibility index (Phi) is 6.01. The third-order valence-electron chi connectivity index (χ3n) is 4.27. The lowest BCUT2D eigenvalue weighted by Gasteiger charge is -2.23. The standard InChI is InChI=1S/C20H24N4OS2/c1-6-23-8-7-21-19(23)26-11-17-12-27-20(22-17)24(16(5)25)18-14(3)9-13(2)10-15(18)4/h7-10,12H,6,11H2,1-5H3. The molecule has 0 fully saturated rings. The van der Waals surface area contributed by atoms with Gasteiger partial charge in [-0.05, 0) is 38.8 Å². The summed E-state index contributed by atoms with van der Waals surface area (Å²) < 4.78 is 2.11. The highest BCUT2D eigenvalue weighted by Gasteiger charge is 2.22. The first-order chi connectivity index (χ1) is 12.9. The van der Waals surface area contributed by atoms with Crippen LogP contribution < -0.4 is 4.90 Å². The number of benzene rings is 1. The van der Waals surface area contributed by atoms with Crippen molar-refractivity contribution in [3.05, 3.63) is 52.3 Å². The highest BCUT2D eigenvalue weighted by molar-refractivity contribution is 7.98. The summed E-state index contributed by atoms with van der Waals surface area (Å²) in [5.41, 5.74) is 5.25. The molecule has 7 heteroatoms. The Morgan fingerprint density at radius 1 is 1.26 bits per heavy atom. The topological polar surface area (TPSA) is 51.0 Å². The van der Waals surface area contributed by atoms with Crippen LogP contribution in [0.2, 0.25) is 0 Å². The van der Waals surface area contributed by atoms with E-state index in [2.05, 4.69) is 35.5 Å². The summed E-state index contributed by atoms with van der Waals surface area (Å²) in [6.45, 7) is 10.7. The van der Waals surface area contributed by atoms with E-state index >= 15 is 0 Å². The molecule has 0 N–H and O–H groups in total. The number of thiazole rings is 1. The molecule has 27 heavy (non-hydrogen) atoms. The van der Waals surface area contributed by atoms with Gasteiger partial charge in [-0.1, -0.05) is 29.5 Å². The average Bonchev–Trinajstić information content (AvgIpc) is 3.24. The highest BCUT2D eigenvalue weighted by Crippen LogP contribution is 2.35. The molecule has 2 heterocycles. The van der Waals surface area contributed by atoms with Crippen molar-refractivity contribution in [3.8, 4) is 0 Å². The predicted octanol–water partition coefficient (Wildman–Crippen LogP) is 5.26. The lowest BCUT2D eigenvalue weighted by atomic mass is 10.0. The number of nitrogens with zero attached hydrogens (tertiary/aromatic N) is 4. The number of imidazole rings is 1. The Morgan fingerprint density at radius 2 is 1.96 bits per heavy atom. The van der Waals surface area contributed by atoms with Gasteiger partial charge >= 0.3 is 0 Å². The van der Waals surface area contributed by atoms with E-state index in [1.54, 1.807) is 23.6 Å². The van der Waals surface area contributed by atoms with E-state index in [1.165, 1.54) is 16.9 Å². The summed E-state index contributed by atoms with van der Waals surface area (Å²) in [7, 11) is 0. The van der Waals surface area contributed by atoms with Gasteiger partial charge in [0.1, 0.15) is 0 Å². The summed E-state index contributed by atoms with van der Waals surface area (Å²) in [5.74, 6) is 0.700. The van der Waals surface area contributed by atoms with Crippen molar-refractivity contribution in [3.63, 3.8) is 0 Å². The van der Waals surface area contributed by atoms with E-state index in [0.29, 0.717) is 5.13 Å². The first kappa shape index (κ1) is 19.6. The molecule has 3 rings (SSSR count). The Morgan fingerprint density at radius 3 is 2.59 bits per heavy atom. The Hall–Kier alpha value is -2.12. The van der Waals surface area contributed by atoms with Gasteiger partial charge in [-0.15, -0.1) is 11.3 Å². The zero-order valence-electron chi connectivity index (χ0n) is 16.3. The van der Waals surface area contributed by atoms with E-state index < -0.39 is 0 Å². The van der Waals surface area contributed by atoms with Crippen LogP contribution >= 0.6 is 23.1 Å². The minimum atomic E-state index is -0.0277. The number of amides is 1. The summed E-state index contributed by atoms with van der Waals surface area (Å²) in [4.78, 5) is 23.3. The second kappa shape index (κ2) is 8.27. The number of aromatic nitrogens is 3. The maximum Gasteiger partial charge on any atom is 0.230 e. The minimum Gasteiger partial charge on any atom is -0.326 e. The summed E-state index contributed by atoms with van der Waals surface area (Å²) in [5, 5.41) is 3.73. The molecule has 0 aliphatic rings. The smallest absolute Gasteiger partial charge is 0.230 e. The molecule has 2 aromatic heterocycles. The minimum absolute atomic E-state index is 0.0277. The van der Waals surface area contributed by atoms with Crippen molar-refractivity contribution in [1.29, 1.82) is 0 Å². The molecule has 0 saturated carbocycles. The summed E-state index contributed by atoms with van der Waals surface area (Å²) in [6, 6.07) is 4.21. The first-order valence-electron chi connectivity index (χ1n) is 8.87. The van der Waals surface area contributed by atoms with Crippen molar-refractivity contribution in [2.24, 2.45) is 0 Å². The zero-order valence-corrected chi connectivity index (χ0v) is 17.9. The second-order valence-electron chi connectivity index (χ2n) is 6.51. The van der Waals surface area contributed by atoms with Crippen LogP contribution in [0.25, 0.3) is 0 Å². The van der Waals surface area contributed by atoms with E-state index in [4.69, 9.17) is 4.98 Å². The maximum absolute atomic E-state index is 12.4. The molecule has 0 saturated heterocycles. The van der Waals surface area contributed by atoms with Gasteiger partial charge in [0.15, 0.2) is 10.3 Å². The van der Waals surface area contributed by atoms with Gasteiger partial charge in [-0.25, -0.2) is 9.97 Å². The molecule has 5 nitrogen and oxygen atoms in total. The van der Waals surface area contributed by atoms with Crippen molar-refractivity contribution in [1.82, 2.24) is 14.5 Å². The summed E-state index contributed by atoms with van der Waals surface area (Å²) >= 11 is 3.16. The summed E-state index contributed by atoms with van der Waals surface area (Å²) in [6.07, 6.45) is 3.80. The fraction of sp³-hybridized carbons (Fsp3) is 0.350. The molecule has 1 aromatic carbocycles. The molecule has 0 spiro atoms. The Bertz CT molecular complexity index is 938. The number of hydrogen-bond acceptors (Lipinski definition) is 5. The second-order valence-corrected chi connectivity index (χ2v) is 8.29. The van der Waals surface area contributed by atoms with Crippen LogP contribution in [0.3, 0.4) is 0 Å². The molecule has 0 radical (unpaired) electrons. The monoisotopic (exact) mass is 400 g/mol. The van der Waals surface area contributed by atoms with Crippen LogP contribution in [-0.2, 0) is 17.1 Å². The van der Waals surface area contributed by atoms with Crippen LogP contribution in [0, 0.1) is 20.8 Å². The molecule has 3 aromatic rings. The van der Waals surface area contributed by atoms with Gasteiger partial charge in [0, 0.05) is 37.0 Å². The molecular formula is C20H24N4OS2. The van der Waals surface area contributed by atoms with Crippen LogP contribution in [0.15, 0.2) is 35.1 Å². The number of rotatable bonds is 6. The largest absolute Gasteiger partial charge is 0.326 e. The number of carbonyl (C=O) groups excluding carboxylic acids is 1. The van der Waals surface area contributed by atoms with Crippen LogP contribution in [0.1, 0.15) is 36.2 Å². The van der Waals surface area contributed by atoms with Crippen LogP contribution in [-0.4, -0.2) is 20.4 Å². The maximum atomic E-state index is 12.4. The van der Waals surface area contributed by atoms with E-state index in [-0.39, 0.29) is 5.91 Å². The normalized spacial score (nSPS) is 11.0. The van der Waals surface area contributed by atoms with E-state index in [0.717, 1.165) is 40.0 Å². The Balaban J connectivity index is 1.85. The van der Waals surface area contributed by atoms with Crippen LogP contribution in [0.4, 0.5) is 10.8 Å². The lowest BCUT2D eigenvalue weighted by Crippen LogP contribution is -2.24. The molecule has 0 unspecified atom stereocenters. The fourth-order valence-corrected chi connectivity index (χ4v) is 5.09. The Labute approximate surface area is 168 Å². The van der Waals surface area contributed by atoms with Gasteiger partial charge in [0.05, 0.1) is 11.4 Å². The van der Waals surface area contributed by atoms with Gasteiger partial charge < -0.3 is 4.57 Å². The van der Waals surface area contributed by atoms with Gasteiger partial charge in [-0.2, -0.15) is 0 Å². The zero-order chi connectivity index (χ0) is 19.6. The molecule has 1 amide bonds. The number of anilines is 2.